The molecule has 0 aliphatic carbocycles. The zero-order valence-corrected chi connectivity index (χ0v) is 15.6. The number of nitrogens with one attached hydrogen (secondary N) is 1. The molecule has 4 nitrogen and oxygen atoms in total. The minimum atomic E-state index is -0.189. The zero-order chi connectivity index (χ0) is 17.1. The van der Waals surface area contributed by atoms with Crippen molar-refractivity contribution in [2.24, 2.45) is 0 Å². The second-order valence-electron chi connectivity index (χ2n) is 5.56. The van der Waals surface area contributed by atoms with Gasteiger partial charge in [0.05, 0.1) is 17.2 Å². The Hall–Kier alpha value is -1.76. The van der Waals surface area contributed by atoms with Gasteiger partial charge in [-0.3, -0.25) is 4.79 Å². The molecule has 0 aliphatic heterocycles. The topological polar surface area (TPSA) is 54.9 Å². The van der Waals surface area contributed by atoms with E-state index in [-0.39, 0.29) is 5.91 Å². The summed E-state index contributed by atoms with van der Waals surface area (Å²) < 4.78 is 0. The number of hydrogen-bond donors (Lipinski definition) is 1. The van der Waals surface area contributed by atoms with Gasteiger partial charge in [0.2, 0.25) is 0 Å². The van der Waals surface area contributed by atoms with Crippen LogP contribution < -0.4 is 5.32 Å². The van der Waals surface area contributed by atoms with Gasteiger partial charge in [0.1, 0.15) is 10.7 Å². The van der Waals surface area contributed by atoms with Crippen LogP contribution in [0.15, 0.2) is 35.0 Å². The van der Waals surface area contributed by atoms with Crippen LogP contribution in [0, 0.1) is 0 Å². The number of hydrogen-bond acceptors (Lipinski definition) is 5. The predicted molar refractivity (Wildman–Crippen MR) is 99.9 cm³/mol. The Morgan fingerprint density at radius 3 is 2.58 bits per heavy atom. The van der Waals surface area contributed by atoms with E-state index in [0.717, 1.165) is 21.3 Å². The molecular formula is C17H16ClN3OS2. The molecule has 2 aromatic heterocycles. The lowest BCUT2D eigenvalue weighted by molar-refractivity contribution is 0.0946. The molecule has 0 aliphatic rings. The highest BCUT2D eigenvalue weighted by Crippen LogP contribution is 2.25. The molecule has 0 bridgehead atoms. The van der Waals surface area contributed by atoms with Crippen LogP contribution in [0.2, 0.25) is 5.02 Å². The first kappa shape index (κ1) is 17.1. The van der Waals surface area contributed by atoms with Crippen LogP contribution in [0.25, 0.3) is 10.6 Å². The van der Waals surface area contributed by atoms with Gasteiger partial charge in [0.25, 0.3) is 5.91 Å². The quantitative estimate of drug-likeness (QED) is 0.682. The largest absolute Gasteiger partial charge is 0.345 e. The summed E-state index contributed by atoms with van der Waals surface area (Å²) in [6.45, 7) is 4.62. The third-order valence-corrected chi connectivity index (χ3v) is 5.66. The molecule has 0 spiro atoms. The molecule has 7 heteroatoms. The van der Waals surface area contributed by atoms with Crippen molar-refractivity contribution in [2.45, 2.75) is 26.3 Å². The van der Waals surface area contributed by atoms with Gasteiger partial charge < -0.3 is 5.32 Å². The van der Waals surface area contributed by atoms with E-state index in [0.29, 0.717) is 23.2 Å². The van der Waals surface area contributed by atoms with Crippen LogP contribution in [0.5, 0.6) is 0 Å². The smallest absolute Gasteiger partial charge is 0.271 e. The van der Waals surface area contributed by atoms with E-state index < -0.39 is 0 Å². The van der Waals surface area contributed by atoms with E-state index in [9.17, 15) is 4.79 Å². The maximum atomic E-state index is 12.2. The first-order valence-electron chi connectivity index (χ1n) is 7.47. The summed E-state index contributed by atoms with van der Waals surface area (Å²) in [6.07, 6.45) is 0. The molecule has 2 heterocycles. The van der Waals surface area contributed by atoms with Gasteiger partial charge in [0, 0.05) is 27.3 Å². The highest BCUT2D eigenvalue weighted by Gasteiger charge is 2.13. The van der Waals surface area contributed by atoms with Crippen molar-refractivity contribution in [2.75, 3.05) is 0 Å². The Labute approximate surface area is 153 Å². The molecule has 0 saturated carbocycles. The fourth-order valence-electron chi connectivity index (χ4n) is 2.03. The van der Waals surface area contributed by atoms with E-state index in [1.807, 2.05) is 29.6 Å². The second kappa shape index (κ2) is 7.42. The summed E-state index contributed by atoms with van der Waals surface area (Å²) in [7, 11) is 0. The third-order valence-electron chi connectivity index (χ3n) is 3.32. The van der Waals surface area contributed by atoms with E-state index in [4.69, 9.17) is 11.6 Å². The van der Waals surface area contributed by atoms with Gasteiger partial charge in [0.15, 0.2) is 0 Å². The van der Waals surface area contributed by atoms with Crippen molar-refractivity contribution in [1.29, 1.82) is 0 Å². The average Bonchev–Trinajstić information content (AvgIpc) is 3.23. The van der Waals surface area contributed by atoms with E-state index >= 15 is 0 Å². The van der Waals surface area contributed by atoms with Gasteiger partial charge in [-0.25, -0.2) is 9.97 Å². The molecule has 0 atom stereocenters. The van der Waals surface area contributed by atoms with Crippen LogP contribution in [0.4, 0.5) is 0 Å². The summed E-state index contributed by atoms with van der Waals surface area (Å²) in [5.74, 6) is 0.213. The number of halogens is 1. The predicted octanol–water partition coefficient (Wildman–Crippen LogP) is 4.97. The number of rotatable bonds is 5. The highest BCUT2D eigenvalue weighted by atomic mass is 35.5. The molecule has 0 radical (unpaired) electrons. The highest BCUT2D eigenvalue weighted by molar-refractivity contribution is 7.13. The molecule has 0 fully saturated rings. The van der Waals surface area contributed by atoms with Gasteiger partial charge in [-0.05, 0) is 12.1 Å². The number of carbonyl (C=O) groups excluding carboxylic acids is 1. The van der Waals surface area contributed by atoms with Crippen LogP contribution in [0.1, 0.15) is 41.0 Å². The molecule has 0 unspecified atom stereocenters. The average molecular weight is 378 g/mol. The van der Waals surface area contributed by atoms with Crippen LogP contribution in [0.3, 0.4) is 0 Å². The summed E-state index contributed by atoms with van der Waals surface area (Å²) in [5.41, 5.74) is 2.25. The van der Waals surface area contributed by atoms with Crippen molar-refractivity contribution >= 4 is 40.2 Å². The van der Waals surface area contributed by atoms with Gasteiger partial charge in [-0.15, -0.1) is 22.7 Å². The molecule has 1 amide bonds. The lowest BCUT2D eigenvalue weighted by atomic mass is 10.2. The monoisotopic (exact) mass is 377 g/mol. The van der Waals surface area contributed by atoms with E-state index in [1.54, 1.807) is 16.7 Å². The standard InChI is InChI=1S/C17H16ClN3OS2/c1-10(2)16-20-13(8-23-16)7-19-15(22)14-9-24-17(21-14)11-3-5-12(18)6-4-11/h3-6,8-10H,7H2,1-2H3,(H,19,22). The normalized spacial score (nSPS) is 11.0. The first-order chi connectivity index (χ1) is 11.5. The Balaban J connectivity index is 1.64. The first-order valence-corrected chi connectivity index (χ1v) is 9.60. The summed E-state index contributed by atoms with van der Waals surface area (Å²) in [6, 6.07) is 7.41. The minimum Gasteiger partial charge on any atom is -0.345 e. The number of aromatic nitrogens is 2. The lowest BCUT2D eigenvalue weighted by Gasteiger charge is -2.01. The zero-order valence-electron chi connectivity index (χ0n) is 13.2. The van der Waals surface area contributed by atoms with Crippen molar-refractivity contribution in [3.05, 3.63) is 56.4 Å². The SMILES string of the molecule is CC(C)c1nc(CNC(=O)c2csc(-c3ccc(Cl)cc3)n2)cs1. The second-order valence-corrected chi connectivity index (χ2v) is 7.74. The molecule has 0 saturated heterocycles. The molecule has 1 N–H and O–H groups in total. The minimum absolute atomic E-state index is 0.189. The van der Waals surface area contributed by atoms with E-state index in [1.165, 1.54) is 11.3 Å². The molecule has 3 aromatic rings. The summed E-state index contributed by atoms with van der Waals surface area (Å²) in [5, 5.41) is 9.17. The number of amides is 1. The number of thiazole rings is 2. The Morgan fingerprint density at radius 2 is 1.92 bits per heavy atom. The van der Waals surface area contributed by atoms with Crippen LogP contribution >= 0.6 is 34.3 Å². The summed E-state index contributed by atoms with van der Waals surface area (Å²) in [4.78, 5) is 21.2. The van der Waals surface area contributed by atoms with Crippen molar-refractivity contribution in [1.82, 2.24) is 15.3 Å². The number of benzene rings is 1. The van der Waals surface area contributed by atoms with Crippen molar-refractivity contribution in [3.63, 3.8) is 0 Å². The van der Waals surface area contributed by atoms with E-state index in [2.05, 4.69) is 29.1 Å². The molecule has 3 rings (SSSR count). The molecule has 124 valence electrons. The maximum absolute atomic E-state index is 12.2. The number of nitrogens with zero attached hydrogens (tertiary/aromatic N) is 2. The van der Waals surface area contributed by atoms with Gasteiger partial charge in [-0.2, -0.15) is 0 Å². The fraction of sp³-hybridized carbons (Fsp3) is 0.235. The van der Waals surface area contributed by atoms with Gasteiger partial charge >= 0.3 is 0 Å². The van der Waals surface area contributed by atoms with Gasteiger partial charge in [-0.1, -0.05) is 37.6 Å². The molecule has 24 heavy (non-hydrogen) atoms. The summed E-state index contributed by atoms with van der Waals surface area (Å²) >= 11 is 8.95. The van der Waals surface area contributed by atoms with Crippen molar-refractivity contribution < 1.29 is 4.79 Å². The maximum Gasteiger partial charge on any atom is 0.271 e. The molecular weight excluding hydrogens is 362 g/mol. The third kappa shape index (κ3) is 4.01. The van der Waals surface area contributed by atoms with Crippen molar-refractivity contribution in [3.8, 4) is 10.6 Å². The Bertz CT molecular complexity index is 840. The lowest BCUT2D eigenvalue weighted by Crippen LogP contribution is -2.23. The van der Waals surface area contributed by atoms with Crippen LogP contribution in [-0.4, -0.2) is 15.9 Å². The van der Waals surface area contributed by atoms with Crippen LogP contribution in [-0.2, 0) is 6.54 Å². The molecule has 1 aromatic carbocycles. The number of carbonyl (C=O) groups is 1. The fourth-order valence-corrected chi connectivity index (χ4v) is 3.80. The Kier molecular flexibility index (Phi) is 5.28. The Morgan fingerprint density at radius 1 is 1.17 bits per heavy atom.